The molecule has 2 aromatic rings. The lowest BCUT2D eigenvalue weighted by molar-refractivity contribution is -0.107. The van der Waals surface area contributed by atoms with Crippen molar-refractivity contribution in [3.8, 4) is 0 Å². The van der Waals surface area contributed by atoms with E-state index in [-0.39, 0.29) is 0 Å². The van der Waals surface area contributed by atoms with Crippen LogP contribution in [0.5, 0.6) is 0 Å². The first-order valence-electron chi connectivity index (χ1n) is 6.51. The van der Waals surface area contributed by atoms with E-state index in [9.17, 15) is 9.00 Å². The molecule has 0 aliphatic heterocycles. The van der Waals surface area contributed by atoms with E-state index in [2.05, 4.69) is 0 Å². The van der Waals surface area contributed by atoms with Crippen molar-refractivity contribution < 1.29 is 9.00 Å². The van der Waals surface area contributed by atoms with Gasteiger partial charge in [-0.1, -0.05) is 36.4 Å². The molecule has 2 rings (SSSR count). The molecule has 0 aliphatic rings. The molecule has 2 aromatic carbocycles. The highest BCUT2D eigenvalue weighted by Gasteiger charge is 2.07. The minimum absolute atomic E-state index is 0.557. The molecular weight excluding hydrogens is 270 g/mol. The summed E-state index contributed by atoms with van der Waals surface area (Å²) in [5.41, 5.74) is 0.869. The summed E-state index contributed by atoms with van der Waals surface area (Å²) in [4.78, 5) is 13.6. The van der Waals surface area contributed by atoms with Crippen LogP contribution in [-0.2, 0) is 15.6 Å². The molecule has 1 amide bonds. The van der Waals surface area contributed by atoms with Crippen molar-refractivity contribution in [3.63, 3.8) is 0 Å². The molecule has 1 atom stereocenters. The van der Waals surface area contributed by atoms with Crippen LogP contribution in [0.15, 0.2) is 65.6 Å². The molecule has 20 heavy (non-hydrogen) atoms. The molecule has 0 spiro atoms. The topological polar surface area (TPSA) is 37.4 Å². The van der Waals surface area contributed by atoms with Gasteiger partial charge in [0.1, 0.15) is 0 Å². The van der Waals surface area contributed by atoms with Crippen molar-refractivity contribution in [1.82, 2.24) is 0 Å². The highest BCUT2D eigenvalue weighted by molar-refractivity contribution is 7.85. The number of para-hydroxylation sites is 1. The maximum Gasteiger partial charge on any atom is 0.214 e. The maximum atomic E-state index is 12.1. The number of hydrogen-bond donors (Lipinski definition) is 0. The lowest BCUT2D eigenvalue weighted by atomic mass is 10.3. The summed E-state index contributed by atoms with van der Waals surface area (Å²) >= 11 is 0. The highest BCUT2D eigenvalue weighted by atomic mass is 32.2. The predicted octanol–water partition coefficient (Wildman–Crippen LogP) is 2.85. The second-order valence-corrected chi connectivity index (χ2v) is 5.92. The van der Waals surface area contributed by atoms with E-state index in [1.54, 1.807) is 4.90 Å². The molecule has 0 heterocycles. The summed E-state index contributed by atoms with van der Waals surface area (Å²) in [7, 11) is -1.00. The third-order valence-electron chi connectivity index (χ3n) is 2.95. The first-order chi connectivity index (χ1) is 9.81. The average Bonchev–Trinajstić information content (AvgIpc) is 2.53. The zero-order valence-electron chi connectivity index (χ0n) is 11.1. The van der Waals surface area contributed by atoms with Crippen LogP contribution in [0.3, 0.4) is 0 Å². The van der Waals surface area contributed by atoms with Crippen LogP contribution >= 0.6 is 0 Å². The Morgan fingerprint density at radius 1 is 0.950 bits per heavy atom. The normalized spacial score (nSPS) is 11.8. The number of hydrogen-bond acceptors (Lipinski definition) is 2. The van der Waals surface area contributed by atoms with Gasteiger partial charge in [-0.05, 0) is 30.7 Å². The van der Waals surface area contributed by atoms with Crippen LogP contribution in [0.25, 0.3) is 0 Å². The molecule has 1 unspecified atom stereocenters. The fourth-order valence-corrected chi connectivity index (χ4v) is 3.01. The van der Waals surface area contributed by atoms with E-state index < -0.39 is 10.8 Å². The van der Waals surface area contributed by atoms with Crippen molar-refractivity contribution in [3.05, 3.63) is 60.7 Å². The molecule has 0 saturated heterocycles. The van der Waals surface area contributed by atoms with Gasteiger partial charge in [0.05, 0.1) is 10.8 Å². The van der Waals surface area contributed by atoms with Crippen LogP contribution < -0.4 is 4.90 Å². The van der Waals surface area contributed by atoms with Crippen molar-refractivity contribution in [2.75, 3.05) is 17.2 Å². The zero-order valence-corrected chi connectivity index (χ0v) is 12.0. The minimum Gasteiger partial charge on any atom is -0.315 e. The lowest BCUT2D eigenvalue weighted by Gasteiger charge is -2.16. The Labute approximate surface area is 121 Å². The van der Waals surface area contributed by atoms with Gasteiger partial charge in [0, 0.05) is 22.9 Å². The Balaban J connectivity index is 1.86. The molecule has 4 heteroatoms. The molecule has 0 bridgehead atoms. The Bertz CT molecular complexity index is 557. The SMILES string of the molecule is O=CN(CCCS(=O)c1ccccc1)c1ccccc1. The van der Waals surface area contributed by atoms with Crippen LogP contribution in [0.1, 0.15) is 6.42 Å². The van der Waals surface area contributed by atoms with E-state index in [0.717, 1.165) is 17.0 Å². The van der Waals surface area contributed by atoms with E-state index in [1.165, 1.54) is 0 Å². The molecule has 0 fully saturated rings. The first kappa shape index (κ1) is 14.5. The Hall–Kier alpha value is -1.94. The van der Waals surface area contributed by atoms with Gasteiger partial charge < -0.3 is 4.90 Å². The predicted molar refractivity (Wildman–Crippen MR) is 82.2 cm³/mol. The molecule has 3 nitrogen and oxygen atoms in total. The number of rotatable bonds is 7. The molecular formula is C16H17NO2S. The van der Waals surface area contributed by atoms with Gasteiger partial charge in [0.2, 0.25) is 6.41 Å². The maximum absolute atomic E-state index is 12.1. The molecule has 104 valence electrons. The van der Waals surface area contributed by atoms with Crippen LogP contribution in [-0.4, -0.2) is 22.9 Å². The minimum atomic E-state index is -1.00. The number of carbonyl (C=O) groups is 1. The van der Waals surface area contributed by atoms with Crippen LogP contribution in [0.2, 0.25) is 0 Å². The van der Waals surface area contributed by atoms with Gasteiger partial charge in [-0.25, -0.2) is 0 Å². The second-order valence-electron chi connectivity index (χ2n) is 4.35. The van der Waals surface area contributed by atoms with Crippen molar-refractivity contribution >= 4 is 22.9 Å². The second kappa shape index (κ2) is 7.60. The van der Waals surface area contributed by atoms with Crippen molar-refractivity contribution in [2.45, 2.75) is 11.3 Å². The smallest absolute Gasteiger partial charge is 0.214 e. The fourth-order valence-electron chi connectivity index (χ4n) is 1.92. The zero-order chi connectivity index (χ0) is 14.2. The average molecular weight is 287 g/mol. The van der Waals surface area contributed by atoms with E-state index in [4.69, 9.17) is 0 Å². The first-order valence-corrected chi connectivity index (χ1v) is 7.83. The Morgan fingerprint density at radius 3 is 2.15 bits per heavy atom. The Kier molecular flexibility index (Phi) is 5.50. The molecule has 0 radical (unpaired) electrons. The van der Waals surface area contributed by atoms with Crippen molar-refractivity contribution in [2.24, 2.45) is 0 Å². The third kappa shape index (κ3) is 4.03. The summed E-state index contributed by atoms with van der Waals surface area (Å²) in [5.74, 6) is 0.557. The number of benzene rings is 2. The number of anilines is 1. The summed E-state index contributed by atoms with van der Waals surface area (Å²) < 4.78 is 12.1. The summed E-state index contributed by atoms with van der Waals surface area (Å²) in [6.45, 7) is 0.575. The Morgan fingerprint density at radius 2 is 1.55 bits per heavy atom. The van der Waals surface area contributed by atoms with Gasteiger partial charge in [0.15, 0.2) is 0 Å². The molecule has 0 saturated carbocycles. The summed E-state index contributed by atoms with van der Waals surface area (Å²) in [6.07, 6.45) is 1.52. The number of carbonyl (C=O) groups excluding carboxylic acids is 1. The van der Waals surface area contributed by atoms with Gasteiger partial charge in [-0.2, -0.15) is 0 Å². The van der Waals surface area contributed by atoms with E-state index >= 15 is 0 Å². The van der Waals surface area contributed by atoms with E-state index in [1.807, 2.05) is 60.7 Å². The third-order valence-corrected chi connectivity index (χ3v) is 4.41. The van der Waals surface area contributed by atoms with Gasteiger partial charge in [0.25, 0.3) is 0 Å². The van der Waals surface area contributed by atoms with Gasteiger partial charge in [-0.3, -0.25) is 9.00 Å². The van der Waals surface area contributed by atoms with Gasteiger partial charge in [-0.15, -0.1) is 0 Å². The largest absolute Gasteiger partial charge is 0.315 e. The summed E-state index contributed by atoms with van der Waals surface area (Å²) in [5, 5.41) is 0. The summed E-state index contributed by atoms with van der Waals surface area (Å²) in [6, 6.07) is 18.9. The van der Waals surface area contributed by atoms with Crippen LogP contribution in [0, 0.1) is 0 Å². The standard InChI is InChI=1S/C16H17NO2S/c18-14-17(15-8-3-1-4-9-15)12-7-13-20(19)16-10-5-2-6-11-16/h1-6,8-11,14H,7,12-13H2. The van der Waals surface area contributed by atoms with Gasteiger partial charge >= 0.3 is 0 Å². The van der Waals surface area contributed by atoms with Crippen LogP contribution in [0.4, 0.5) is 5.69 Å². The monoisotopic (exact) mass is 287 g/mol. The molecule has 0 N–H and O–H groups in total. The van der Waals surface area contributed by atoms with E-state index in [0.29, 0.717) is 18.7 Å². The quantitative estimate of drug-likeness (QED) is 0.734. The highest BCUT2D eigenvalue weighted by Crippen LogP contribution is 2.12. The molecule has 0 aromatic heterocycles. The fraction of sp³-hybridized carbons (Fsp3) is 0.188. The number of amides is 1. The number of nitrogens with zero attached hydrogens (tertiary/aromatic N) is 1. The molecule has 0 aliphatic carbocycles. The van der Waals surface area contributed by atoms with Crippen molar-refractivity contribution in [1.29, 1.82) is 0 Å². The lowest BCUT2D eigenvalue weighted by Crippen LogP contribution is -2.23.